The lowest BCUT2D eigenvalue weighted by Gasteiger charge is -2.18. The number of nitrogens with one attached hydrogen (secondary N) is 1. The predicted molar refractivity (Wildman–Crippen MR) is 77.7 cm³/mol. The molecule has 1 aromatic carbocycles. The first-order chi connectivity index (χ1) is 9.60. The summed E-state index contributed by atoms with van der Waals surface area (Å²) in [6, 6.07) is 7.20. The van der Waals surface area contributed by atoms with Crippen LogP contribution in [-0.2, 0) is 4.74 Å². The summed E-state index contributed by atoms with van der Waals surface area (Å²) in [5, 5.41) is 12.4. The smallest absolute Gasteiger partial charge is 0.321 e. The average Bonchev–Trinajstić information content (AvgIpc) is 2.88. The summed E-state index contributed by atoms with van der Waals surface area (Å²) in [7, 11) is 1.68. The van der Waals surface area contributed by atoms with E-state index in [4.69, 9.17) is 4.74 Å². The van der Waals surface area contributed by atoms with Gasteiger partial charge < -0.3 is 20.1 Å². The quantitative estimate of drug-likeness (QED) is 0.888. The van der Waals surface area contributed by atoms with Crippen molar-refractivity contribution in [2.45, 2.75) is 19.4 Å². The van der Waals surface area contributed by atoms with Crippen LogP contribution in [0.2, 0.25) is 0 Å². The molecule has 0 aliphatic carbocycles. The van der Waals surface area contributed by atoms with E-state index in [0.717, 1.165) is 25.1 Å². The highest BCUT2D eigenvalue weighted by molar-refractivity contribution is 5.89. The molecule has 2 amide bonds. The summed E-state index contributed by atoms with van der Waals surface area (Å²) >= 11 is 0. The van der Waals surface area contributed by atoms with Crippen molar-refractivity contribution in [3.05, 3.63) is 29.8 Å². The van der Waals surface area contributed by atoms with Crippen LogP contribution in [0.25, 0.3) is 0 Å². The van der Waals surface area contributed by atoms with Gasteiger partial charge in [-0.2, -0.15) is 0 Å². The van der Waals surface area contributed by atoms with Crippen molar-refractivity contribution in [1.82, 2.24) is 4.90 Å². The Labute approximate surface area is 119 Å². The van der Waals surface area contributed by atoms with Crippen LogP contribution in [-0.4, -0.2) is 42.8 Å². The van der Waals surface area contributed by atoms with Gasteiger partial charge in [0, 0.05) is 31.8 Å². The molecule has 110 valence electrons. The molecule has 1 aliphatic heterocycles. The van der Waals surface area contributed by atoms with E-state index in [0.29, 0.717) is 18.2 Å². The standard InChI is InChI=1S/C15H22N2O3/c1-11(18)13-4-3-5-14(8-13)16-15(19)17-7-6-12(9-17)10-20-2/h3-5,8,11-12,18H,6-7,9-10H2,1-2H3,(H,16,19). The van der Waals surface area contributed by atoms with Crippen LogP contribution in [0, 0.1) is 5.92 Å². The number of methoxy groups -OCH3 is 1. The molecule has 20 heavy (non-hydrogen) atoms. The van der Waals surface area contributed by atoms with Crippen LogP contribution >= 0.6 is 0 Å². The zero-order valence-electron chi connectivity index (χ0n) is 12.0. The fourth-order valence-corrected chi connectivity index (χ4v) is 2.47. The Morgan fingerprint density at radius 3 is 3.10 bits per heavy atom. The summed E-state index contributed by atoms with van der Waals surface area (Å²) in [4.78, 5) is 14.0. The number of benzene rings is 1. The van der Waals surface area contributed by atoms with E-state index in [1.165, 1.54) is 0 Å². The minimum atomic E-state index is -0.537. The lowest BCUT2D eigenvalue weighted by Crippen LogP contribution is -2.33. The molecule has 0 spiro atoms. The fourth-order valence-electron chi connectivity index (χ4n) is 2.47. The second-order valence-corrected chi connectivity index (χ2v) is 5.29. The van der Waals surface area contributed by atoms with Gasteiger partial charge in [-0.25, -0.2) is 4.79 Å². The topological polar surface area (TPSA) is 61.8 Å². The minimum Gasteiger partial charge on any atom is -0.389 e. The van der Waals surface area contributed by atoms with Crippen LogP contribution in [0.4, 0.5) is 10.5 Å². The van der Waals surface area contributed by atoms with E-state index in [2.05, 4.69) is 5.32 Å². The van der Waals surface area contributed by atoms with Crippen molar-refractivity contribution in [1.29, 1.82) is 0 Å². The van der Waals surface area contributed by atoms with E-state index >= 15 is 0 Å². The van der Waals surface area contributed by atoms with E-state index in [1.54, 1.807) is 25.0 Å². The number of aliphatic hydroxyl groups excluding tert-OH is 1. The van der Waals surface area contributed by atoms with Crippen LogP contribution in [0.15, 0.2) is 24.3 Å². The summed E-state index contributed by atoms with van der Waals surface area (Å²) in [5.74, 6) is 0.426. The number of hydrogen-bond acceptors (Lipinski definition) is 3. The normalized spacial score (nSPS) is 19.9. The Bertz CT molecular complexity index is 462. The summed E-state index contributed by atoms with van der Waals surface area (Å²) in [6.07, 6.45) is 0.444. The molecule has 0 radical (unpaired) electrons. The van der Waals surface area contributed by atoms with Crippen LogP contribution in [0.5, 0.6) is 0 Å². The molecule has 5 heteroatoms. The number of carbonyl (C=O) groups is 1. The molecule has 1 saturated heterocycles. The van der Waals surface area contributed by atoms with Gasteiger partial charge in [0.05, 0.1) is 12.7 Å². The summed E-state index contributed by atoms with van der Waals surface area (Å²) in [6.45, 7) is 3.89. The molecule has 1 fully saturated rings. The van der Waals surface area contributed by atoms with Gasteiger partial charge in [0.1, 0.15) is 0 Å². The van der Waals surface area contributed by atoms with E-state index in [-0.39, 0.29) is 6.03 Å². The maximum absolute atomic E-state index is 12.2. The molecular formula is C15H22N2O3. The van der Waals surface area contributed by atoms with Crippen molar-refractivity contribution in [3.63, 3.8) is 0 Å². The van der Waals surface area contributed by atoms with Crippen LogP contribution < -0.4 is 5.32 Å². The summed E-state index contributed by atoms with van der Waals surface area (Å²) < 4.78 is 5.13. The minimum absolute atomic E-state index is 0.0913. The molecule has 2 N–H and O–H groups in total. The molecule has 1 heterocycles. The van der Waals surface area contributed by atoms with Gasteiger partial charge in [-0.1, -0.05) is 12.1 Å². The Balaban J connectivity index is 1.93. The highest BCUT2D eigenvalue weighted by Gasteiger charge is 2.26. The SMILES string of the molecule is COCC1CCN(C(=O)Nc2cccc(C(C)O)c2)C1. The maximum atomic E-state index is 12.2. The fraction of sp³-hybridized carbons (Fsp3) is 0.533. The highest BCUT2D eigenvalue weighted by atomic mass is 16.5. The number of aliphatic hydroxyl groups is 1. The van der Waals surface area contributed by atoms with Crippen LogP contribution in [0.1, 0.15) is 25.0 Å². The average molecular weight is 278 g/mol. The molecular weight excluding hydrogens is 256 g/mol. The van der Waals surface area contributed by atoms with Gasteiger partial charge in [-0.05, 0) is 31.0 Å². The molecule has 2 rings (SSSR count). The number of nitrogens with zero attached hydrogens (tertiary/aromatic N) is 1. The first kappa shape index (κ1) is 14.8. The predicted octanol–water partition coefficient (Wildman–Crippen LogP) is 2.24. The van der Waals surface area contributed by atoms with Crippen molar-refractivity contribution in [2.75, 3.05) is 32.1 Å². The third-order valence-corrected chi connectivity index (χ3v) is 3.60. The third kappa shape index (κ3) is 3.71. The number of ether oxygens (including phenoxy) is 1. The number of anilines is 1. The van der Waals surface area contributed by atoms with Crippen molar-refractivity contribution in [3.8, 4) is 0 Å². The second-order valence-electron chi connectivity index (χ2n) is 5.29. The number of rotatable bonds is 4. The van der Waals surface area contributed by atoms with E-state index in [1.807, 2.05) is 18.2 Å². The van der Waals surface area contributed by atoms with Gasteiger partial charge in [0.15, 0.2) is 0 Å². The first-order valence-electron chi connectivity index (χ1n) is 6.93. The molecule has 1 aromatic rings. The van der Waals surface area contributed by atoms with Gasteiger partial charge >= 0.3 is 6.03 Å². The lowest BCUT2D eigenvalue weighted by atomic mass is 10.1. The number of hydrogen-bond donors (Lipinski definition) is 2. The molecule has 1 aliphatic rings. The molecule has 2 atom stereocenters. The third-order valence-electron chi connectivity index (χ3n) is 3.60. The highest BCUT2D eigenvalue weighted by Crippen LogP contribution is 2.20. The Morgan fingerprint density at radius 1 is 1.60 bits per heavy atom. The molecule has 5 nitrogen and oxygen atoms in total. The second kappa shape index (κ2) is 6.72. The molecule has 0 bridgehead atoms. The van der Waals surface area contributed by atoms with E-state index in [9.17, 15) is 9.90 Å². The Kier molecular flexibility index (Phi) is 4.98. The number of urea groups is 1. The Hall–Kier alpha value is -1.59. The number of likely N-dealkylation sites (tertiary alicyclic amines) is 1. The largest absolute Gasteiger partial charge is 0.389 e. The Morgan fingerprint density at radius 2 is 2.40 bits per heavy atom. The zero-order valence-corrected chi connectivity index (χ0v) is 12.0. The maximum Gasteiger partial charge on any atom is 0.321 e. The van der Waals surface area contributed by atoms with Crippen molar-refractivity contribution >= 4 is 11.7 Å². The van der Waals surface area contributed by atoms with E-state index < -0.39 is 6.10 Å². The monoisotopic (exact) mass is 278 g/mol. The number of carbonyl (C=O) groups excluding carboxylic acids is 1. The van der Waals surface area contributed by atoms with Crippen molar-refractivity contribution < 1.29 is 14.6 Å². The van der Waals surface area contributed by atoms with Gasteiger partial charge in [-0.15, -0.1) is 0 Å². The van der Waals surface area contributed by atoms with Crippen molar-refractivity contribution in [2.24, 2.45) is 5.92 Å². The van der Waals surface area contributed by atoms with Gasteiger partial charge in [0.2, 0.25) is 0 Å². The molecule has 2 unspecified atom stereocenters. The summed E-state index contributed by atoms with van der Waals surface area (Å²) in [5.41, 5.74) is 1.50. The van der Waals surface area contributed by atoms with Gasteiger partial charge in [-0.3, -0.25) is 0 Å². The molecule has 0 aromatic heterocycles. The van der Waals surface area contributed by atoms with Crippen LogP contribution in [0.3, 0.4) is 0 Å². The number of amides is 2. The zero-order chi connectivity index (χ0) is 14.5. The van der Waals surface area contributed by atoms with Gasteiger partial charge in [0.25, 0.3) is 0 Å². The first-order valence-corrected chi connectivity index (χ1v) is 6.93. The molecule has 0 saturated carbocycles. The lowest BCUT2D eigenvalue weighted by molar-refractivity contribution is 0.154.